The van der Waals surface area contributed by atoms with E-state index in [-0.39, 0.29) is 23.6 Å². The molecule has 0 bridgehead atoms. The summed E-state index contributed by atoms with van der Waals surface area (Å²) in [7, 11) is 1.58. The van der Waals surface area contributed by atoms with Gasteiger partial charge in [-0.15, -0.1) is 10.2 Å². The highest BCUT2D eigenvalue weighted by atomic mass is 32.2. The minimum atomic E-state index is -0.361. The summed E-state index contributed by atoms with van der Waals surface area (Å²) in [6.07, 6.45) is 3.23. The van der Waals surface area contributed by atoms with Crippen molar-refractivity contribution in [2.24, 2.45) is 0 Å². The van der Waals surface area contributed by atoms with Crippen LogP contribution in [0.4, 0.5) is 5.69 Å². The van der Waals surface area contributed by atoms with Crippen molar-refractivity contribution in [3.05, 3.63) is 60.2 Å². The number of nitrogens with one attached hydrogen (secondary N) is 2. The molecule has 2 aromatic heterocycles. The number of benzene rings is 1. The van der Waals surface area contributed by atoms with E-state index < -0.39 is 0 Å². The first-order valence-electron chi connectivity index (χ1n) is 9.72. The van der Waals surface area contributed by atoms with Crippen LogP contribution in [0.2, 0.25) is 0 Å². The van der Waals surface area contributed by atoms with Crippen LogP contribution in [0.3, 0.4) is 0 Å². The number of rotatable bonds is 9. The summed E-state index contributed by atoms with van der Waals surface area (Å²) >= 11 is 1.29. The number of hydrogen-bond donors (Lipinski definition) is 2. The lowest BCUT2D eigenvalue weighted by atomic mass is 10.2. The number of pyridine rings is 1. The molecular formula is C21H24N6O3S. The molecule has 2 N–H and O–H groups in total. The largest absolute Gasteiger partial charge is 0.497 e. The van der Waals surface area contributed by atoms with Gasteiger partial charge in [-0.25, -0.2) is 0 Å². The minimum absolute atomic E-state index is 0.161. The maximum absolute atomic E-state index is 12.6. The average molecular weight is 441 g/mol. The molecule has 162 valence electrons. The molecule has 1 atom stereocenters. The molecule has 0 fully saturated rings. The third-order valence-corrected chi connectivity index (χ3v) is 5.39. The van der Waals surface area contributed by atoms with Crippen LogP contribution in [0, 0.1) is 0 Å². The summed E-state index contributed by atoms with van der Waals surface area (Å²) in [4.78, 5) is 28.7. The number of hydrogen-bond acceptors (Lipinski definition) is 7. The summed E-state index contributed by atoms with van der Waals surface area (Å²) in [5.74, 6) is 1.11. The molecule has 0 aliphatic rings. The number of ether oxygens (including phenoxy) is 1. The first-order valence-corrected chi connectivity index (χ1v) is 10.7. The van der Waals surface area contributed by atoms with E-state index in [0.29, 0.717) is 34.5 Å². The molecule has 10 heteroatoms. The third kappa shape index (κ3) is 5.82. The molecule has 0 aliphatic carbocycles. The fourth-order valence-corrected chi connectivity index (χ4v) is 3.68. The van der Waals surface area contributed by atoms with Gasteiger partial charge in [-0.2, -0.15) is 0 Å². The Labute approximate surface area is 184 Å². The number of methoxy groups -OCH3 is 1. The summed E-state index contributed by atoms with van der Waals surface area (Å²) in [5.41, 5.74) is 1.16. The van der Waals surface area contributed by atoms with Crippen LogP contribution in [-0.2, 0) is 11.3 Å². The normalized spacial score (nSPS) is 11.6. The van der Waals surface area contributed by atoms with Crippen molar-refractivity contribution in [1.29, 1.82) is 0 Å². The SMILES string of the molecule is CCn1c(SCC(=O)Nc2cccnc2)nnc1[C@H](C)NC(=O)c1ccc(OC)cc1. The van der Waals surface area contributed by atoms with Crippen molar-refractivity contribution in [2.45, 2.75) is 31.6 Å². The van der Waals surface area contributed by atoms with Gasteiger partial charge < -0.3 is 19.9 Å². The smallest absolute Gasteiger partial charge is 0.251 e. The molecule has 2 amide bonds. The van der Waals surface area contributed by atoms with Crippen molar-refractivity contribution < 1.29 is 14.3 Å². The predicted molar refractivity (Wildman–Crippen MR) is 118 cm³/mol. The van der Waals surface area contributed by atoms with E-state index in [1.54, 1.807) is 55.9 Å². The standard InChI is InChI=1S/C21H24N6O3S/c1-4-27-19(14(2)23-20(29)15-7-9-17(30-3)10-8-15)25-26-21(27)31-13-18(28)24-16-6-5-11-22-12-16/h5-12,14H,4,13H2,1-3H3,(H,23,29)(H,24,28)/t14-/m0/s1. The van der Waals surface area contributed by atoms with Crippen molar-refractivity contribution in [2.75, 3.05) is 18.2 Å². The van der Waals surface area contributed by atoms with Gasteiger partial charge in [0, 0.05) is 18.3 Å². The average Bonchev–Trinajstić information content (AvgIpc) is 3.21. The summed E-state index contributed by atoms with van der Waals surface area (Å²) in [6.45, 7) is 4.42. The number of carbonyl (C=O) groups excluding carboxylic acids is 2. The molecule has 0 saturated heterocycles. The molecule has 1 aromatic carbocycles. The van der Waals surface area contributed by atoms with Gasteiger partial charge >= 0.3 is 0 Å². The Morgan fingerprint density at radius 1 is 1.19 bits per heavy atom. The maximum atomic E-state index is 12.6. The van der Waals surface area contributed by atoms with Crippen LogP contribution in [0.1, 0.15) is 36.1 Å². The predicted octanol–water partition coefficient (Wildman–Crippen LogP) is 2.92. The Balaban J connectivity index is 1.61. The maximum Gasteiger partial charge on any atom is 0.251 e. The van der Waals surface area contributed by atoms with Gasteiger partial charge in [0.15, 0.2) is 11.0 Å². The van der Waals surface area contributed by atoms with Crippen LogP contribution in [-0.4, -0.2) is 44.4 Å². The number of anilines is 1. The van der Waals surface area contributed by atoms with E-state index in [1.165, 1.54) is 11.8 Å². The topological polar surface area (TPSA) is 111 Å². The highest BCUT2D eigenvalue weighted by Crippen LogP contribution is 2.21. The molecule has 0 unspecified atom stereocenters. The van der Waals surface area contributed by atoms with Crippen LogP contribution < -0.4 is 15.4 Å². The first kappa shape index (κ1) is 22.3. The third-order valence-electron chi connectivity index (χ3n) is 4.43. The Hall–Kier alpha value is -3.40. The van der Waals surface area contributed by atoms with E-state index in [1.807, 2.05) is 18.4 Å². The van der Waals surface area contributed by atoms with E-state index >= 15 is 0 Å². The number of nitrogens with zero attached hydrogens (tertiary/aromatic N) is 4. The van der Waals surface area contributed by atoms with Crippen LogP contribution in [0.25, 0.3) is 0 Å². The molecule has 2 heterocycles. The zero-order chi connectivity index (χ0) is 22.2. The van der Waals surface area contributed by atoms with E-state index in [4.69, 9.17) is 4.74 Å². The first-order chi connectivity index (χ1) is 15.0. The molecule has 0 saturated carbocycles. The van der Waals surface area contributed by atoms with Crippen molar-refractivity contribution in [3.8, 4) is 5.75 Å². The molecule has 31 heavy (non-hydrogen) atoms. The summed E-state index contributed by atoms with van der Waals surface area (Å²) in [5, 5.41) is 14.8. The number of carbonyl (C=O) groups is 2. The van der Waals surface area contributed by atoms with E-state index in [9.17, 15) is 9.59 Å². The van der Waals surface area contributed by atoms with Crippen molar-refractivity contribution in [3.63, 3.8) is 0 Å². The van der Waals surface area contributed by atoms with Crippen LogP contribution in [0.5, 0.6) is 5.75 Å². The molecular weight excluding hydrogens is 416 g/mol. The number of thioether (sulfide) groups is 1. The monoisotopic (exact) mass is 440 g/mol. The molecule has 0 aliphatic heterocycles. The second-order valence-corrected chi connectivity index (χ2v) is 7.53. The van der Waals surface area contributed by atoms with Gasteiger partial charge in [0.2, 0.25) is 5.91 Å². The van der Waals surface area contributed by atoms with Crippen LogP contribution in [0.15, 0.2) is 53.9 Å². The summed E-state index contributed by atoms with van der Waals surface area (Å²) in [6, 6.07) is 10.0. The second-order valence-electron chi connectivity index (χ2n) is 6.59. The Kier molecular flexibility index (Phi) is 7.60. The van der Waals surface area contributed by atoms with Crippen molar-refractivity contribution in [1.82, 2.24) is 25.1 Å². The fraction of sp³-hybridized carbons (Fsp3) is 0.286. The van der Waals surface area contributed by atoms with Gasteiger partial charge in [0.05, 0.1) is 30.8 Å². The number of aromatic nitrogens is 4. The second kappa shape index (κ2) is 10.6. The molecule has 0 radical (unpaired) electrons. The lowest BCUT2D eigenvalue weighted by Gasteiger charge is -2.15. The minimum Gasteiger partial charge on any atom is -0.497 e. The zero-order valence-corrected chi connectivity index (χ0v) is 18.3. The van der Waals surface area contributed by atoms with Crippen LogP contribution >= 0.6 is 11.8 Å². The number of amides is 2. The Morgan fingerprint density at radius 2 is 1.97 bits per heavy atom. The quantitative estimate of drug-likeness (QED) is 0.492. The lowest BCUT2D eigenvalue weighted by Crippen LogP contribution is -2.28. The Morgan fingerprint density at radius 3 is 2.61 bits per heavy atom. The van der Waals surface area contributed by atoms with E-state index in [2.05, 4.69) is 25.8 Å². The van der Waals surface area contributed by atoms with Gasteiger partial charge in [0.25, 0.3) is 5.91 Å². The van der Waals surface area contributed by atoms with Gasteiger partial charge in [0.1, 0.15) is 5.75 Å². The highest BCUT2D eigenvalue weighted by Gasteiger charge is 2.20. The van der Waals surface area contributed by atoms with Gasteiger partial charge in [-0.05, 0) is 50.2 Å². The van der Waals surface area contributed by atoms with E-state index in [0.717, 1.165) is 0 Å². The van der Waals surface area contributed by atoms with Gasteiger partial charge in [-0.1, -0.05) is 11.8 Å². The molecule has 9 nitrogen and oxygen atoms in total. The lowest BCUT2D eigenvalue weighted by molar-refractivity contribution is -0.113. The highest BCUT2D eigenvalue weighted by molar-refractivity contribution is 7.99. The fourth-order valence-electron chi connectivity index (χ4n) is 2.88. The molecule has 0 spiro atoms. The molecule has 3 aromatic rings. The summed E-state index contributed by atoms with van der Waals surface area (Å²) < 4.78 is 7.01. The van der Waals surface area contributed by atoms with Gasteiger partial charge in [-0.3, -0.25) is 14.6 Å². The van der Waals surface area contributed by atoms with Crippen molar-refractivity contribution >= 4 is 29.3 Å². The zero-order valence-electron chi connectivity index (χ0n) is 17.5. The Bertz CT molecular complexity index is 1020. The molecule has 3 rings (SSSR count).